The van der Waals surface area contributed by atoms with Crippen LogP contribution in [0.15, 0.2) is 30.5 Å². The Morgan fingerprint density at radius 1 is 0.829 bits per heavy atom. The Morgan fingerprint density at radius 2 is 1.51 bits per heavy atom. The third-order valence-electron chi connectivity index (χ3n) is 6.57. The van der Waals surface area contributed by atoms with Crippen LogP contribution < -0.4 is 4.74 Å². The van der Waals surface area contributed by atoms with Crippen LogP contribution >= 0.6 is 0 Å². The molecule has 2 heterocycles. The van der Waals surface area contributed by atoms with Gasteiger partial charge in [0.2, 0.25) is 5.82 Å². The molecule has 1 aromatic heterocycles. The fourth-order valence-electron chi connectivity index (χ4n) is 4.37. The summed E-state index contributed by atoms with van der Waals surface area (Å²) in [6.07, 6.45) is 14.0. The summed E-state index contributed by atoms with van der Waals surface area (Å²) in [7, 11) is 0. The van der Waals surface area contributed by atoms with E-state index in [-0.39, 0.29) is 11.3 Å². The van der Waals surface area contributed by atoms with E-state index in [1.54, 1.807) is 18.3 Å². The lowest BCUT2D eigenvalue weighted by molar-refractivity contribution is -0.206. The molecular formula is C29H41F2NO3. The van der Waals surface area contributed by atoms with Crippen molar-refractivity contribution in [1.29, 1.82) is 0 Å². The lowest BCUT2D eigenvalue weighted by Gasteiger charge is -2.29. The fourth-order valence-corrected chi connectivity index (χ4v) is 4.37. The first-order valence-corrected chi connectivity index (χ1v) is 13.4. The molecule has 35 heavy (non-hydrogen) atoms. The average molecular weight is 490 g/mol. The zero-order valence-electron chi connectivity index (χ0n) is 21.4. The van der Waals surface area contributed by atoms with Gasteiger partial charge in [-0.1, -0.05) is 77.7 Å². The smallest absolute Gasteiger partial charge is 0.201 e. The molecule has 0 saturated carbocycles. The van der Waals surface area contributed by atoms with Crippen molar-refractivity contribution in [2.75, 3.05) is 19.8 Å². The summed E-state index contributed by atoms with van der Waals surface area (Å²) >= 11 is 0. The Kier molecular flexibility index (Phi) is 11.9. The van der Waals surface area contributed by atoms with Gasteiger partial charge in [0, 0.05) is 23.2 Å². The van der Waals surface area contributed by atoms with Gasteiger partial charge in [-0.25, -0.2) is 4.39 Å². The van der Waals surface area contributed by atoms with Crippen LogP contribution in [0, 0.1) is 17.6 Å². The van der Waals surface area contributed by atoms with E-state index >= 15 is 0 Å². The number of ether oxygens (including phenoxy) is 3. The molecule has 1 aliphatic heterocycles. The third-order valence-corrected chi connectivity index (χ3v) is 6.57. The van der Waals surface area contributed by atoms with E-state index in [1.807, 2.05) is 0 Å². The molecule has 6 heteroatoms. The van der Waals surface area contributed by atoms with Crippen LogP contribution in [-0.2, 0) is 9.47 Å². The maximum Gasteiger partial charge on any atom is 0.201 e. The molecule has 1 saturated heterocycles. The Bertz CT molecular complexity index is 867. The molecule has 3 rings (SSSR count). The number of hydrogen-bond acceptors (Lipinski definition) is 4. The monoisotopic (exact) mass is 489 g/mol. The number of pyridine rings is 1. The Hall–Kier alpha value is -2.05. The molecule has 0 amide bonds. The second-order valence-corrected chi connectivity index (χ2v) is 9.55. The quantitative estimate of drug-likeness (QED) is 0.236. The highest BCUT2D eigenvalue weighted by atomic mass is 19.2. The lowest BCUT2D eigenvalue weighted by Crippen LogP contribution is -2.27. The van der Waals surface area contributed by atoms with Crippen molar-refractivity contribution in [2.24, 2.45) is 5.92 Å². The Labute approximate surface area is 209 Å². The van der Waals surface area contributed by atoms with Gasteiger partial charge in [0.05, 0.1) is 25.5 Å². The van der Waals surface area contributed by atoms with Crippen LogP contribution in [0.3, 0.4) is 0 Å². The van der Waals surface area contributed by atoms with Crippen LogP contribution in [0.1, 0.15) is 96.3 Å². The number of benzene rings is 1. The van der Waals surface area contributed by atoms with Gasteiger partial charge in [0.1, 0.15) is 0 Å². The number of halogens is 2. The average Bonchev–Trinajstić information content (AvgIpc) is 2.89. The summed E-state index contributed by atoms with van der Waals surface area (Å²) in [6, 6.07) is 6.47. The predicted octanol–water partition coefficient (Wildman–Crippen LogP) is 8.40. The van der Waals surface area contributed by atoms with Gasteiger partial charge in [-0.2, -0.15) is 4.39 Å². The topological polar surface area (TPSA) is 40.6 Å². The van der Waals surface area contributed by atoms with Crippen LogP contribution in [0.5, 0.6) is 5.75 Å². The second kappa shape index (κ2) is 15.1. The van der Waals surface area contributed by atoms with Crippen molar-refractivity contribution < 1.29 is 23.0 Å². The highest BCUT2D eigenvalue weighted by Crippen LogP contribution is 2.31. The normalized spacial score (nSPS) is 18.1. The largest absolute Gasteiger partial charge is 0.490 e. The van der Waals surface area contributed by atoms with Gasteiger partial charge in [-0.15, -0.1) is 0 Å². The van der Waals surface area contributed by atoms with Crippen molar-refractivity contribution in [3.63, 3.8) is 0 Å². The first kappa shape index (κ1) is 27.5. The molecule has 1 aliphatic rings. The molecule has 4 nitrogen and oxygen atoms in total. The van der Waals surface area contributed by atoms with Gasteiger partial charge in [-0.3, -0.25) is 4.98 Å². The van der Waals surface area contributed by atoms with Gasteiger partial charge in [-0.05, 0) is 31.0 Å². The van der Waals surface area contributed by atoms with Crippen molar-refractivity contribution in [1.82, 2.24) is 4.98 Å². The molecule has 0 bridgehead atoms. The summed E-state index contributed by atoms with van der Waals surface area (Å²) in [5.41, 5.74) is 1.24. The van der Waals surface area contributed by atoms with E-state index in [4.69, 9.17) is 14.2 Å². The van der Waals surface area contributed by atoms with Crippen molar-refractivity contribution in [3.8, 4) is 17.0 Å². The molecule has 0 aliphatic carbocycles. The number of nitrogens with zero attached hydrogens (tertiary/aromatic N) is 1. The minimum absolute atomic E-state index is 0.0566. The van der Waals surface area contributed by atoms with E-state index in [0.29, 0.717) is 31.4 Å². The molecule has 0 radical (unpaired) electrons. The Balaban J connectivity index is 1.48. The molecule has 1 fully saturated rings. The van der Waals surface area contributed by atoms with Crippen LogP contribution in [0.25, 0.3) is 11.3 Å². The van der Waals surface area contributed by atoms with Gasteiger partial charge in [0.15, 0.2) is 17.9 Å². The lowest BCUT2D eigenvalue weighted by atomic mass is 10.0. The van der Waals surface area contributed by atoms with E-state index < -0.39 is 17.9 Å². The van der Waals surface area contributed by atoms with E-state index in [1.165, 1.54) is 50.7 Å². The van der Waals surface area contributed by atoms with Crippen LogP contribution in [0.2, 0.25) is 0 Å². The zero-order valence-corrected chi connectivity index (χ0v) is 21.4. The van der Waals surface area contributed by atoms with E-state index in [0.717, 1.165) is 37.7 Å². The summed E-state index contributed by atoms with van der Waals surface area (Å²) in [5.74, 6) is -1.55. The molecule has 0 spiro atoms. The molecule has 0 unspecified atom stereocenters. The molecule has 0 atom stereocenters. The van der Waals surface area contributed by atoms with Crippen LogP contribution in [-0.4, -0.2) is 24.8 Å². The van der Waals surface area contributed by atoms with E-state index in [9.17, 15) is 8.78 Å². The highest BCUT2D eigenvalue weighted by Gasteiger charge is 2.24. The first-order chi connectivity index (χ1) is 17.1. The summed E-state index contributed by atoms with van der Waals surface area (Å²) in [6.45, 7) is 6.07. The highest BCUT2D eigenvalue weighted by molar-refractivity contribution is 5.61. The minimum Gasteiger partial charge on any atom is -0.490 e. The fraction of sp³-hybridized carbons (Fsp3) is 0.621. The molecule has 2 aromatic rings. The van der Waals surface area contributed by atoms with E-state index in [2.05, 4.69) is 18.8 Å². The summed E-state index contributed by atoms with van der Waals surface area (Å²) in [4.78, 5) is 4.35. The van der Waals surface area contributed by atoms with Crippen molar-refractivity contribution in [2.45, 2.75) is 90.8 Å². The molecule has 1 aromatic carbocycles. The van der Waals surface area contributed by atoms with Crippen molar-refractivity contribution in [3.05, 3.63) is 47.7 Å². The SMILES string of the molecule is CCCCCCCCC1COC(c2ccc(-c3ccc(OCCCCCC)c(F)c3F)nc2)OC1. The summed E-state index contributed by atoms with van der Waals surface area (Å²) < 4.78 is 46.5. The van der Waals surface area contributed by atoms with Crippen molar-refractivity contribution >= 4 is 0 Å². The van der Waals surface area contributed by atoms with Gasteiger partial charge < -0.3 is 14.2 Å². The minimum atomic E-state index is -0.973. The number of aromatic nitrogens is 1. The predicted molar refractivity (Wildman–Crippen MR) is 135 cm³/mol. The molecular weight excluding hydrogens is 448 g/mol. The molecule has 0 N–H and O–H groups in total. The Morgan fingerprint density at radius 3 is 2.20 bits per heavy atom. The third kappa shape index (κ3) is 8.53. The maximum atomic E-state index is 14.7. The molecule has 194 valence electrons. The number of rotatable bonds is 15. The summed E-state index contributed by atoms with van der Waals surface area (Å²) in [5, 5.41) is 0. The standard InChI is InChI=1S/C29H41F2NO3/c1-3-5-7-9-10-11-13-22-20-34-29(35-21-22)23-14-16-25(32-19-23)24-15-17-26(28(31)27(24)30)33-18-12-8-6-4-2/h14-17,19,22,29H,3-13,18,20-21H2,1-2H3. The number of unbranched alkanes of at least 4 members (excludes halogenated alkanes) is 8. The van der Waals surface area contributed by atoms with Crippen LogP contribution in [0.4, 0.5) is 8.78 Å². The zero-order chi connectivity index (χ0) is 24.9. The number of hydrogen-bond donors (Lipinski definition) is 0. The maximum absolute atomic E-state index is 14.7. The van der Waals surface area contributed by atoms with Gasteiger partial charge >= 0.3 is 0 Å². The second-order valence-electron chi connectivity index (χ2n) is 9.55. The van der Waals surface area contributed by atoms with Gasteiger partial charge in [0.25, 0.3) is 0 Å². The first-order valence-electron chi connectivity index (χ1n) is 13.4.